The summed E-state index contributed by atoms with van der Waals surface area (Å²) in [6.07, 6.45) is 5.13. The Morgan fingerprint density at radius 1 is 1.30 bits per heavy atom. The molecule has 0 spiro atoms. The SMILES string of the molecule is CC(C)CNCc1ccnc(Oc2cncc(Br)c2)c1. The van der Waals surface area contributed by atoms with Gasteiger partial charge in [-0.1, -0.05) is 13.8 Å². The van der Waals surface area contributed by atoms with Crippen LogP contribution in [0.4, 0.5) is 0 Å². The van der Waals surface area contributed by atoms with Crippen molar-refractivity contribution in [3.63, 3.8) is 0 Å². The third-order valence-corrected chi connectivity index (χ3v) is 3.02. The van der Waals surface area contributed by atoms with E-state index in [1.807, 2.05) is 18.2 Å². The van der Waals surface area contributed by atoms with E-state index < -0.39 is 0 Å². The van der Waals surface area contributed by atoms with Gasteiger partial charge in [0.15, 0.2) is 0 Å². The van der Waals surface area contributed by atoms with E-state index in [9.17, 15) is 0 Å². The Morgan fingerprint density at radius 2 is 2.15 bits per heavy atom. The monoisotopic (exact) mass is 335 g/mol. The van der Waals surface area contributed by atoms with Crippen molar-refractivity contribution in [3.05, 3.63) is 46.8 Å². The fourth-order valence-electron chi connectivity index (χ4n) is 1.69. The van der Waals surface area contributed by atoms with Crippen molar-refractivity contribution in [2.45, 2.75) is 20.4 Å². The molecule has 0 aliphatic heterocycles. The van der Waals surface area contributed by atoms with Gasteiger partial charge in [-0.3, -0.25) is 4.98 Å². The normalized spacial score (nSPS) is 10.8. The van der Waals surface area contributed by atoms with Gasteiger partial charge in [0.25, 0.3) is 0 Å². The summed E-state index contributed by atoms with van der Waals surface area (Å²) in [5.41, 5.74) is 1.15. The summed E-state index contributed by atoms with van der Waals surface area (Å²) in [5.74, 6) is 1.88. The van der Waals surface area contributed by atoms with Crippen molar-refractivity contribution in [1.82, 2.24) is 15.3 Å². The molecule has 2 aromatic heterocycles. The number of pyridine rings is 2. The van der Waals surface area contributed by atoms with Crippen molar-refractivity contribution in [1.29, 1.82) is 0 Å². The van der Waals surface area contributed by atoms with E-state index in [4.69, 9.17) is 4.74 Å². The molecule has 0 bridgehead atoms. The van der Waals surface area contributed by atoms with Crippen LogP contribution in [0.1, 0.15) is 19.4 Å². The molecule has 0 radical (unpaired) electrons. The van der Waals surface area contributed by atoms with Gasteiger partial charge in [-0.25, -0.2) is 4.98 Å². The Bertz CT molecular complexity index is 560. The lowest BCUT2D eigenvalue weighted by atomic mass is 10.2. The van der Waals surface area contributed by atoms with Crippen LogP contribution in [0.3, 0.4) is 0 Å². The Morgan fingerprint density at radius 3 is 2.90 bits per heavy atom. The van der Waals surface area contributed by atoms with Gasteiger partial charge in [0.05, 0.1) is 6.20 Å². The summed E-state index contributed by atoms with van der Waals surface area (Å²) >= 11 is 3.36. The molecular formula is C15H18BrN3O. The second-order valence-corrected chi connectivity index (χ2v) is 5.88. The zero-order chi connectivity index (χ0) is 14.4. The van der Waals surface area contributed by atoms with Crippen LogP contribution < -0.4 is 10.1 Å². The van der Waals surface area contributed by atoms with Gasteiger partial charge in [0, 0.05) is 29.5 Å². The van der Waals surface area contributed by atoms with Crippen LogP contribution in [-0.4, -0.2) is 16.5 Å². The number of halogens is 1. The summed E-state index contributed by atoms with van der Waals surface area (Å²) < 4.78 is 6.58. The van der Waals surface area contributed by atoms with Gasteiger partial charge < -0.3 is 10.1 Å². The lowest BCUT2D eigenvalue weighted by molar-refractivity contribution is 0.459. The van der Waals surface area contributed by atoms with Crippen LogP contribution in [0.5, 0.6) is 11.6 Å². The summed E-state index contributed by atoms with van der Waals surface area (Å²) in [5, 5.41) is 3.40. The van der Waals surface area contributed by atoms with Crippen LogP contribution in [0.25, 0.3) is 0 Å². The Labute approximate surface area is 127 Å². The van der Waals surface area contributed by atoms with Crippen LogP contribution in [0.2, 0.25) is 0 Å². The molecule has 2 heterocycles. The Balaban J connectivity index is 1.99. The Hall–Kier alpha value is -1.46. The summed E-state index contributed by atoms with van der Waals surface area (Å²) in [6, 6.07) is 5.78. The van der Waals surface area contributed by atoms with Crippen molar-refractivity contribution < 1.29 is 4.74 Å². The second-order valence-electron chi connectivity index (χ2n) is 4.97. The topological polar surface area (TPSA) is 47.0 Å². The quantitative estimate of drug-likeness (QED) is 0.872. The number of hydrogen-bond acceptors (Lipinski definition) is 4. The molecule has 20 heavy (non-hydrogen) atoms. The van der Waals surface area contributed by atoms with E-state index in [2.05, 4.69) is 45.1 Å². The molecule has 0 saturated heterocycles. The summed E-state index contributed by atoms with van der Waals surface area (Å²) in [7, 11) is 0. The van der Waals surface area contributed by atoms with E-state index >= 15 is 0 Å². The number of nitrogens with one attached hydrogen (secondary N) is 1. The van der Waals surface area contributed by atoms with Gasteiger partial charge >= 0.3 is 0 Å². The number of hydrogen-bond donors (Lipinski definition) is 1. The van der Waals surface area contributed by atoms with E-state index in [-0.39, 0.29) is 0 Å². The number of aromatic nitrogens is 2. The fourth-order valence-corrected chi connectivity index (χ4v) is 2.03. The van der Waals surface area contributed by atoms with Crippen molar-refractivity contribution in [3.8, 4) is 11.6 Å². The van der Waals surface area contributed by atoms with Crippen LogP contribution in [0, 0.1) is 5.92 Å². The molecule has 5 heteroatoms. The molecule has 0 fully saturated rings. The zero-order valence-corrected chi connectivity index (χ0v) is 13.2. The third kappa shape index (κ3) is 4.90. The second kappa shape index (κ2) is 7.36. The molecule has 106 valence electrons. The van der Waals surface area contributed by atoms with E-state index in [0.717, 1.165) is 23.1 Å². The molecule has 0 aliphatic rings. The average molecular weight is 336 g/mol. The lowest BCUT2D eigenvalue weighted by Gasteiger charge is -2.09. The highest BCUT2D eigenvalue weighted by Gasteiger charge is 2.02. The number of nitrogens with zero attached hydrogens (tertiary/aromatic N) is 2. The molecule has 0 saturated carbocycles. The minimum Gasteiger partial charge on any atom is -0.437 e. The van der Waals surface area contributed by atoms with Crippen molar-refractivity contribution >= 4 is 15.9 Å². The molecule has 4 nitrogen and oxygen atoms in total. The third-order valence-electron chi connectivity index (χ3n) is 2.58. The predicted octanol–water partition coefficient (Wildman–Crippen LogP) is 3.78. The molecule has 2 rings (SSSR count). The minimum absolute atomic E-state index is 0.578. The molecule has 0 aliphatic carbocycles. The fraction of sp³-hybridized carbons (Fsp3) is 0.333. The van der Waals surface area contributed by atoms with Gasteiger partial charge in [0.2, 0.25) is 5.88 Å². The van der Waals surface area contributed by atoms with Gasteiger partial charge in [-0.2, -0.15) is 0 Å². The maximum absolute atomic E-state index is 5.70. The number of ether oxygens (including phenoxy) is 1. The van der Waals surface area contributed by atoms with Gasteiger partial charge in [-0.05, 0) is 46.1 Å². The number of rotatable bonds is 6. The molecular weight excluding hydrogens is 318 g/mol. The molecule has 0 unspecified atom stereocenters. The van der Waals surface area contributed by atoms with Crippen molar-refractivity contribution in [2.75, 3.05) is 6.54 Å². The maximum Gasteiger partial charge on any atom is 0.219 e. The van der Waals surface area contributed by atoms with E-state index in [1.54, 1.807) is 18.6 Å². The highest BCUT2D eigenvalue weighted by Crippen LogP contribution is 2.22. The highest BCUT2D eigenvalue weighted by molar-refractivity contribution is 9.10. The average Bonchev–Trinajstić information content (AvgIpc) is 2.39. The standard InChI is InChI=1S/C15H18BrN3O/c1-11(2)7-17-8-12-3-4-19-15(5-12)20-14-6-13(16)9-18-10-14/h3-6,9-11,17H,7-8H2,1-2H3. The predicted molar refractivity (Wildman–Crippen MR) is 82.8 cm³/mol. The van der Waals surface area contributed by atoms with Gasteiger partial charge in [0.1, 0.15) is 5.75 Å². The molecule has 0 amide bonds. The van der Waals surface area contributed by atoms with Crippen LogP contribution in [-0.2, 0) is 6.54 Å². The maximum atomic E-state index is 5.70. The van der Waals surface area contributed by atoms with Crippen molar-refractivity contribution in [2.24, 2.45) is 5.92 Å². The van der Waals surface area contributed by atoms with E-state index in [0.29, 0.717) is 17.5 Å². The van der Waals surface area contributed by atoms with Gasteiger partial charge in [-0.15, -0.1) is 0 Å². The first-order valence-corrected chi connectivity index (χ1v) is 7.37. The molecule has 2 aromatic rings. The minimum atomic E-state index is 0.578. The molecule has 0 aromatic carbocycles. The first kappa shape index (κ1) is 14.9. The Kier molecular flexibility index (Phi) is 5.49. The first-order chi connectivity index (χ1) is 9.63. The van der Waals surface area contributed by atoms with E-state index in [1.165, 1.54) is 0 Å². The van der Waals surface area contributed by atoms with Crippen LogP contribution >= 0.6 is 15.9 Å². The smallest absolute Gasteiger partial charge is 0.219 e. The largest absolute Gasteiger partial charge is 0.437 e. The van der Waals surface area contributed by atoms with Crippen LogP contribution in [0.15, 0.2) is 41.3 Å². The molecule has 0 atom stereocenters. The highest BCUT2D eigenvalue weighted by atomic mass is 79.9. The first-order valence-electron chi connectivity index (χ1n) is 6.57. The lowest BCUT2D eigenvalue weighted by Crippen LogP contribution is -2.18. The molecule has 1 N–H and O–H groups in total. The zero-order valence-electron chi connectivity index (χ0n) is 11.6. The summed E-state index contributed by atoms with van der Waals surface area (Å²) in [4.78, 5) is 8.27. The summed E-state index contributed by atoms with van der Waals surface area (Å²) in [6.45, 7) is 6.19.